The number of fused-ring (bicyclic) bond motifs is 1. The number of aryl methyl sites for hydroxylation is 1. The van der Waals surface area contributed by atoms with Gasteiger partial charge in [0.1, 0.15) is 5.75 Å². The number of benzene rings is 3. The van der Waals surface area contributed by atoms with Crippen LogP contribution in [0.4, 0.5) is 5.69 Å². The van der Waals surface area contributed by atoms with E-state index < -0.39 is 6.10 Å². The summed E-state index contributed by atoms with van der Waals surface area (Å²) in [6.45, 7) is 6.52. The predicted molar refractivity (Wildman–Crippen MR) is 135 cm³/mol. The summed E-state index contributed by atoms with van der Waals surface area (Å²) >= 11 is 0. The molecule has 2 atom stereocenters. The van der Waals surface area contributed by atoms with E-state index in [4.69, 9.17) is 4.74 Å². The summed E-state index contributed by atoms with van der Waals surface area (Å²) in [5.74, 6) is 0.597. The van der Waals surface area contributed by atoms with Crippen LogP contribution in [0.1, 0.15) is 55.0 Å². The SMILES string of the molecule is CCC(=O)N1CCc2ccc(O[C@@H](CC)C(=O)Nc3cccc(C)c3)cc2[C@@H]1c1ccccc1. The Bertz CT molecular complexity index is 1160. The van der Waals surface area contributed by atoms with E-state index in [1.54, 1.807) is 0 Å². The first-order valence-corrected chi connectivity index (χ1v) is 12.0. The van der Waals surface area contributed by atoms with Gasteiger partial charge in [-0.15, -0.1) is 0 Å². The largest absolute Gasteiger partial charge is 0.481 e. The molecule has 176 valence electrons. The highest BCUT2D eigenvalue weighted by molar-refractivity contribution is 5.94. The van der Waals surface area contributed by atoms with E-state index >= 15 is 0 Å². The zero-order chi connectivity index (χ0) is 24.1. The van der Waals surface area contributed by atoms with Crippen molar-refractivity contribution < 1.29 is 14.3 Å². The van der Waals surface area contributed by atoms with Crippen molar-refractivity contribution in [2.45, 2.75) is 52.2 Å². The molecule has 0 aliphatic carbocycles. The Labute approximate surface area is 201 Å². The Hall–Kier alpha value is -3.60. The fourth-order valence-corrected chi connectivity index (χ4v) is 4.57. The maximum absolute atomic E-state index is 12.9. The van der Waals surface area contributed by atoms with Crippen LogP contribution in [0.25, 0.3) is 0 Å². The third-order valence-electron chi connectivity index (χ3n) is 6.31. The molecule has 0 spiro atoms. The molecule has 1 aliphatic rings. The van der Waals surface area contributed by atoms with Crippen LogP contribution in [-0.4, -0.2) is 29.4 Å². The first-order chi connectivity index (χ1) is 16.5. The quantitative estimate of drug-likeness (QED) is 0.498. The molecular weight excluding hydrogens is 424 g/mol. The van der Waals surface area contributed by atoms with Gasteiger partial charge in [0, 0.05) is 18.7 Å². The van der Waals surface area contributed by atoms with E-state index in [9.17, 15) is 9.59 Å². The van der Waals surface area contributed by atoms with Gasteiger partial charge in [-0.25, -0.2) is 0 Å². The van der Waals surface area contributed by atoms with Crippen molar-refractivity contribution >= 4 is 17.5 Å². The second-order valence-electron chi connectivity index (χ2n) is 8.74. The number of nitrogens with zero attached hydrogens (tertiary/aromatic N) is 1. The molecule has 0 aromatic heterocycles. The molecule has 0 saturated heterocycles. The van der Waals surface area contributed by atoms with Crippen LogP contribution in [0.5, 0.6) is 5.75 Å². The number of hydrogen-bond acceptors (Lipinski definition) is 3. The van der Waals surface area contributed by atoms with Crippen LogP contribution in [0, 0.1) is 6.92 Å². The summed E-state index contributed by atoms with van der Waals surface area (Å²) in [5, 5.41) is 2.96. The average molecular weight is 457 g/mol. The molecule has 0 radical (unpaired) electrons. The molecule has 4 rings (SSSR count). The fraction of sp³-hybridized carbons (Fsp3) is 0.310. The molecule has 1 aliphatic heterocycles. The standard InChI is InChI=1S/C29H32N2O3/c1-4-26(29(33)30-23-13-9-10-20(3)18-23)34-24-15-14-21-16-17-31(27(32)5-2)28(25(21)19-24)22-11-7-6-8-12-22/h6-15,18-19,26,28H,4-5,16-17H2,1-3H3,(H,30,33)/t26-,28-/m0/s1. The van der Waals surface area contributed by atoms with Crippen molar-refractivity contribution in [2.24, 2.45) is 0 Å². The normalized spacial score (nSPS) is 15.9. The number of anilines is 1. The Morgan fingerprint density at radius 1 is 1.03 bits per heavy atom. The lowest BCUT2D eigenvalue weighted by atomic mass is 9.87. The lowest BCUT2D eigenvalue weighted by Gasteiger charge is -2.38. The predicted octanol–water partition coefficient (Wildman–Crippen LogP) is 5.68. The third kappa shape index (κ3) is 5.14. The summed E-state index contributed by atoms with van der Waals surface area (Å²) < 4.78 is 6.18. The Kier molecular flexibility index (Phi) is 7.31. The molecule has 34 heavy (non-hydrogen) atoms. The van der Waals surface area contributed by atoms with Crippen LogP contribution in [-0.2, 0) is 16.0 Å². The highest BCUT2D eigenvalue weighted by Gasteiger charge is 2.32. The second kappa shape index (κ2) is 10.6. The molecule has 3 aromatic rings. The van der Waals surface area contributed by atoms with Gasteiger partial charge < -0.3 is 15.0 Å². The van der Waals surface area contributed by atoms with E-state index in [-0.39, 0.29) is 17.9 Å². The summed E-state index contributed by atoms with van der Waals surface area (Å²) in [6.07, 6.45) is 1.18. The number of amides is 2. The van der Waals surface area contributed by atoms with Crippen LogP contribution in [0.3, 0.4) is 0 Å². The van der Waals surface area contributed by atoms with E-state index in [0.717, 1.165) is 28.8 Å². The highest BCUT2D eigenvalue weighted by Crippen LogP contribution is 2.37. The number of ether oxygens (including phenoxy) is 1. The van der Waals surface area contributed by atoms with Crippen LogP contribution >= 0.6 is 0 Å². The van der Waals surface area contributed by atoms with Crippen LogP contribution in [0.15, 0.2) is 72.8 Å². The minimum atomic E-state index is -0.620. The minimum Gasteiger partial charge on any atom is -0.481 e. The summed E-state index contributed by atoms with van der Waals surface area (Å²) in [7, 11) is 0. The van der Waals surface area contributed by atoms with E-state index in [1.807, 2.05) is 80.3 Å². The lowest BCUT2D eigenvalue weighted by molar-refractivity contribution is -0.133. The van der Waals surface area contributed by atoms with Gasteiger partial charge in [-0.1, -0.05) is 62.4 Å². The van der Waals surface area contributed by atoms with Gasteiger partial charge in [0.2, 0.25) is 5.91 Å². The number of rotatable bonds is 7. The van der Waals surface area contributed by atoms with Gasteiger partial charge in [0.15, 0.2) is 6.10 Å². The zero-order valence-electron chi connectivity index (χ0n) is 20.1. The van der Waals surface area contributed by atoms with Gasteiger partial charge in [-0.3, -0.25) is 9.59 Å². The Morgan fingerprint density at radius 2 is 1.82 bits per heavy atom. The van der Waals surface area contributed by atoms with Crippen LogP contribution in [0.2, 0.25) is 0 Å². The number of hydrogen-bond donors (Lipinski definition) is 1. The monoisotopic (exact) mass is 456 g/mol. The lowest BCUT2D eigenvalue weighted by Crippen LogP contribution is -2.40. The topological polar surface area (TPSA) is 58.6 Å². The van der Waals surface area contributed by atoms with Gasteiger partial charge in [0.25, 0.3) is 5.91 Å². The molecule has 1 N–H and O–H groups in total. The Balaban J connectivity index is 1.61. The Morgan fingerprint density at radius 3 is 2.53 bits per heavy atom. The van der Waals surface area contributed by atoms with E-state index in [2.05, 4.69) is 23.5 Å². The molecular formula is C29H32N2O3. The number of carbonyl (C=O) groups is 2. The van der Waals surface area contributed by atoms with E-state index in [0.29, 0.717) is 25.1 Å². The molecule has 1 heterocycles. The van der Waals surface area contributed by atoms with Gasteiger partial charge in [-0.2, -0.15) is 0 Å². The maximum atomic E-state index is 12.9. The van der Waals surface area contributed by atoms with Gasteiger partial charge in [0.05, 0.1) is 6.04 Å². The molecule has 0 unspecified atom stereocenters. The average Bonchev–Trinajstić information content (AvgIpc) is 2.86. The molecule has 0 saturated carbocycles. The van der Waals surface area contributed by atoms with Gasteiger partial charge >= 0.3 is 0 Å². The first-order valence-electron chi connectivity index (χ1n) is 12.0. The molecule has 5 nitrogen and oxygen atoms in total. The van der Waals surface area contributed by atoms with Crippen molar-refractivity contribution in [3.8, 4) is 5.75 Å². The number of nitrogens with one attached hydrogen (secondary N) is 1. The third-order valence-corrected chi connectivity index (χ3v) is 6.31. The highest BCUT2D eigenvalue weighted by atomic mass is 16.5. The zero-order valence-corrected chi connectivity index (χ0v) is 20.1. The molecule has 0 bridgehead atoms. The summed E-state index contributed by atoms with van der Waals surface area (Å²) in [5.41, 5.74) is 5.19. The van der Waals surface area contributed by atoms with E-state index in [1.165, 1.54) is 5.56 Å². The fourth-order valence-electron chi connectivity index (χ4n) is 4.57. The second-order valence-corrected chi connectivity index (χ2v) is 8.74. The molecule has 0 fully saturated rings. The summed E-state index contributed by atoms with van der Waals surface area (Å²) in [4.78, 5) is 27.7. The van der Waals surface area contributed by atoms with Crippen molar-refractivity contribution in [2.75, 3.05) is 11.9 Å². The minimum absolute atomic E-state index is 0.134. The van der Waals surface area contributed by atoms with Crippen molar-refractivity contribution in [3.63, 3.8) is 0 Å². The van der Waals surface area contributed by atoms with Gasteiger partial charge in [-0.05, 0) is 66.3 Å². The smallest absolute Gasteiger partial charge is 0.265 e. The number of carbonyl (C=O) groups excluding carboxylic acids is 2. The molecule has 5 heteroatoms. The van der Waals surface area contributed by atoms with Crippen molar-refractivity contribution in [1.82, 2.24) is 4.90 Å². The summed E-state index contributed by atoms with van der Waals surface area (Å²) in [6, 6.07) is 23.7. The van der Waals surface area contributed by atoms with Crippen LogP contribution < -0.4 is 10.1 Å². The van der Waals surface area contributed by atoms with Crippen molar-refractivity contribution in [3.05, 3.63) is 95.1 Å². The molecule has 2 amide bonds. The molecule has 3 aromatic carbocycles. The maximum Gasteiger partial charge on any atom is 0.265 e. The van der Waals surface area contributed by atoms with Crippen molar-refractivity contribution in [1.29, 1.82) is 0 Å². The first kappa shape index (κ1) is 23.6.